The lowest BCUT2D eigenvalue weighted by Gasteiger charge is -2.11. The summed E-state index contributed by atoms with van der Waals surface area (Å²) in [6.45, 7) is 2.10. The first-order chi connectivity index (χ1) is 15.9. The van der Waals surface area contributed by atoms with Gasteiger partial charge in [-0.15, -0.1) is 10.2 Å². The Morgan fingerprint density at radius 2 is 1.76 bits per heavy atom. The van der Waals surface area contributed by atoms with E-state index < -0.39 is 5.82 Å². The predicted octanol–water partition coefficient (Wildman–Crippen LogP) is 6.67. The Morgan fingerprint density at radius 1 is 1.03 bits per heavy atom. The molecule has 0 saturated heterocycles. The minimum absolute atomic E-state index is 0.0525. The number of carbonyl (C=O) groups is 1. The fraction of sp³-hybridized carbons (Fsp3) is 0.125. The first-order valence-electron chi connectivity index (χ1n) is 10.1. The maximum Gasteiger partial charge on any atom is 0.234 e. The fourth-order valence-corrected chi connectivity index (χ4v) is 4.22. The third-order valence-corrected chi connectivity index (χ3v) is 6.34. The van der Waals surface area contributed by atoms with Crippen molar-refractivity contribution in [2.45, 2.75) is 18.5 Å². The van der Waals surface area contributed by atoms with Crippen molar-refractivity contribution in [3.8, 4) is 17.1 Å². The Morgan fingerprint density at radius 3 is 2.42 bits per heavy atom. The number of nitrogens with zero attached hydrogens (tertiary/aromatic N) is 3. The average Bonchev–Trinajstić information content (AvgIpc) is 3.24. The molecule has 1 heterocycles. The molecule has 0 aliphatic heterocycles. The average molecular weight is 501 g/mol. The van der Waals surface area contributed by atoms with Gasteiger partial charge in [-0.1, -0.05) is 54.0 Å². The van der Waals surface area contributed by atoms with Crippen LogP contribution in [0.4, 0.5) is 10.1 Å². The van der Waals surface area contributed by atoms with Crippen LogP contribution in [0.3, 0.4) is 0 Å². The second-order valence-corrected chi connectivity index (χ2v) is 8.92. The van der Waals surface area contributed by atoms with E-state index in [1.807, 2.05) is 28.8 Å². The number of aromatic nitrogens is 3. The van der Waals surface area contributed by atoms with Crippen LogP contribution in [0.5, 0.6) is 0 Å². The quantitative estimate of drug-likeness (QED) is 0.287. The van der Waals surface area contributed by atoms with Gasteiger partial charge in [0.15, 0.2) is 11.0 Å². The van der Waals surface area contributed by atoms with Gasteiger partial charge in [0.25, 0.3) is 0 Å². The van der Waals surface area contributed by atoms with Crippen LogP contribution >= 0.6 is 35.0 Å². The van der Waals surface area contributed by atoms with Gasteiger partial charge in [0.2, 0.25) is 5.91 Å². The maximum atomic E-state index is 13.3. The molecule has 0 spiro atoms. The minimum Gasteiger partial charge on any atom is -0.325 e. The molecule has 5 nitrogen and oxygen atoms in total. The number of anilines is 1. The molecule has 9 heteroatoms. The van der Waals surface area contributed by atoms with E-state index in [1.165, 1.54) is 35.5 Å². The molecule has 0 saturated carbocycles. The van der Waals surface area contributed by atoms with Crippen LogP contribution in [-0.2, 0) is 11.2 Å². The zero-order valence-corrected chi connectivity index (χ0v) is 19.9. The van der Waals surface area contributed by atoms with Gasteiger partial charge in [0.1, 0.15) is 5.82 Å². The summed E-state index contributed by atoms with van der Waals surface area (Å²) in [6, 6.07) is 19.5. The van der Waals surface area contributed by atoms with Crippen LogP contribution in [0.2, 0.25) is 10.0 Å². The number of thioether (sulfide) groups is 1. The smallest absolute Gasteiger partial charge is 0.234 e. The van der Waals surface area contributed by atoms with E-state index in [9.17, 15) is 9.18 Å². The lowest BCUT2D eigenvalue weighted by Crippen LogP contribution is -2.14. The van der Waals surface area contributed by atoms with Crippen molar-refractivity contribution in [1.82, 2.24) is 14.8 Å². The topological polar surface area (TPSA) is 59.8 Å². The van der Waals surface area contributed by atoms with Crippen molar-refractivity contribution in [2.24, 2.45) is 0 Å². The number of hydrogen-bond acceptors (Lipinski definition) is 4. The van der Waals surface area contributed by atoms with Crippen molar-refractivity contribution >= 4 is 46.6 Å². The van der Waals surface area contributed by atoms with Crippen LogP contribution < -0.4 is 5.32 Å². The lowest BCUT2D eigenvalue weighted by atomic mass is 10.1. The van der Waals surface area contributed by atoms with Gasteiger partial charge < -0.3 is 5.32 Å². The molecule has 1 aromatic heterocycles. The third kappa shape index (κ3) is 5.55. The van der Waals surface area contributed by atoms with E-state index in [0.29, 0.717) is 21.7 Å². The molecule has 0 fully saturated rings. The molecule has 0 aliphatic carbocycles. The number of halogens is 3. The Hall–Kier alpha value is -2.87. The first-order valence-corrected chi connectivity index (χ1v) is 11.9. The van der Waals surface area contributed by atoms with Crippen molar-refractivity contribution in [1.29, 1.82) is 0 Å². The van der Waals surface area contributed by atoms with Crippen LogP contribution in [-0.4, -0.2) is 26.4 Å². The molecule has 1 amide bonds. The van der Waals surface area contributed by atoms with E-state index in [2.05, 4.69) is 34.6 Å². The molecule has 33 heavy (non-hydrogen) atoms. The highest BCUT2D eigenvalue weighted by atomic mass is 35.5. The summed E-state index contributed by atoms with van der Waals surface area (Å²) < 4.78 is 15.3. The normalized spacial score (nSPS) is 10.9. The number of aryl methyl sites for hydroxylation is 1. The van der Waals surface area contributed by atoms with Gasteiger partial charge in [-0.3, -0.25) is 9.36 Å². The summed E-state index contributed by atoms with van der Waals surface area (Å²) in [7, 11) is 0. The number of rotatable bonds is 7. The second-order valence-electron chi connectivity index (χ2n) is 7.13. The SMILES string of the molecule is CCc1ccc(-n2c(SCC(=O)Nc3ccc(F)c(Cl)c3)nnc2-c2ccc(Cl)cc2)cc1. The zero-order valence-electron chi connectivity index (χ0n) is 17.6. The van der Waals surface area contributed by atoms with Gasteiger partial charge in [-0.25, -0.2) is 4.39 Å². The minimum atomic E-state index is -0.541. The summed E-state index contributed by atoms with van der Waals surface area (Å²) in [6.07, 6.45) is 0.932. The molecular weight excluding hydrogens is 482 g/mol. The van der Waals surface area contributed by atoms with Gasteiger partial charge in [-0.2, -0.15) is 0 Å². The standard InChI is InChI=1S/C24H19Cl2FN4OS/c1-2-15-3-10-19(11-4-15)31-23(16-5-7-17(25)8-6-16)29-30-24(31)33-14-22(32)28-18-9-12-21(27)20(26)13-18/h3-13H,2,14H2,1H3,(H,28,32). The number of nitrogens with one attached hydrogen (secondary N) is 1. The van der Waals surface area contributed by atoms with E-state index in [-0.39, 0.29) is 16.7 Å². The summed E-state index contributed by atoms with van der Waals surface area (Å²) in [5.74, 6) is -0.0856. The molecule has 168 valence electrons. The zero-order chi connectivity index (χ0) is 23.4. The van der Waals surface area contributed by atoms with Crippen LogP contribution in [0.15, 0.2) is 71.9 Å². The third-order valence-electron chi connectivity index (χ3n) is 4.87. The Labute approximate surface area is 204 Å². The molecule has 0 bridgehead atoms. The molecule has 0 unspecified atom stereocenters. The molecule has 4 aromatic rings. The van der Waals surface area contributed by atoms with Gasteiger partial charge in [0.05, 0.1) is 10.8 Å². The molecule has 3 aromatic carbocycles. The number of amides is 1. The molecular formula is C24H19Cl2FN4OS. The number of benzene rings is 3. The van der Waals surface area contributed by atoms with Crippen LogP contribution in [0.25, 0.3) is 17.1 Å². The summed E-state index contributed by atoms with van der Waals surface area (Å²) in [5, 5.41) is 12.6. The number of hydrogen-bond donors (Lipinski definition) is 1. The Bertz CT molecular complexity index is 1280. The van der Waals surface area contributed by atoms with E-state index in [1.54, 1.807) is 12.1 Å². The fourth-order valence-electron chi connectivity index (χ4n) is 3.16. The van der Waals surface area contributed by atoms with Crippen LogP contribution in [0, 0.1) is 5.82 Å². The largest absolute Gasteiger partial charge is 0.325 e. The monoisotopic (exact) mass is 500 g/mol. The molecule has 4 rings (SSSR count). The summed E-state index contributed by atoms with van der Waals surface area (Å²) in [5.41, 5.74) is 3.37. The highest BCUT2D eigenvalue weighted by molar-refractivity contribution is 7.99. The van der Waals surface area contributed by atoms with Crippen LogP contribution in [0.1, 0.15) is 12.5 Å². The molecule has 0 atom stereocenters. The first kappa shape index (κ1) is 23.3. The van der Waals surface area contributed by atoms with Gasteiger partial charge in [-0.05, 0) is 66.6 Å². The molecule has 0 aliphatic rings. The Kier molecular flexibility index (Phi) is 7.33. The van der Waals surface area contributed by atoms with Gasteiger partial charge in [0, 0.05) is 22.0 Å². The van der Waals surface area contributed by atoms with Gasteiger partial charge >= 0.3 is 0 Å². The predicted molar refractivity (Wildman–Crippen MR) is 132 cm³/mol. The van der Waals surface area contributed by atoms with Crippen molar-refractivity contribution < 1.29 is 9.18 Å². The summed E-state index contributed by atoms with van der Waals surface area (Å²) >= 11 is 13.1. The van der Waals surface area contributed by atoms with E-state index in [0.717, 1.165) is 17.7 Å². The number of carbonyl (C=O) groups excluding carboxylic acids is 1. The van der Waals surface area contributed by atoms with E-state index in [4.69, 9.17) is 23.2 Å². The Balaban J connectivity index is 1.59. The highest BCUT2D eigenvalue weighted by Crippen LogP contribution is 2.29. The highest BCUT2D eigenvalue weighted by Gasteiger charge is 2.18. The van der Waals surface area contributed by atoms with Crippen molar-refractivity contribution in [2.75, 3.05) is 11.1 Å². The van der Waals surface area contributed by atoms with Crippen molar-refractivity contribution in [3.05, 3.63) is 88.2 Å². The van der Waals surface area contributed by atoms with E-state index >= 15 is 0 Å². The maximum absolute atomic E-state index is 13.3. The van der Waals surface area contributed by atoms with Crippen molar-refractivity contribution in [3.63, 3.8) is 0 Å². The molecule has 0 radical (unpaired) electrons. The summed E-state index contributed by atoms with van der Waals surface area (Å²) in [4.78, 5) is 12.5. The lowest BCUT2D eigenvalue weighted by molar-refractivity contribution is -0.113. The second kappa shape index (κ2) is 10.4. The molecule has 1 N–H and O–H groups in total.